The molecule has 0 saturated carbocycles. The molecule has 0 unspecified atom stereocenters. The van der Waals surface area contributed by atoms with Crippen molar-refractivity contribution < 1.29 is 4.42 Å². The van der Waals surface area contributed by atoms with Gasteiger partial charge in [0, 0.05) is 10.6 Å². The van der Waals surface area contributed by atoms with Crippen LogP contribution in [0.2, 0.25) is 5.02 Å². The lowest BCUT2D eigenvalue weighted by atomic mass is 10.2. The first-order valence-electron chi connectivity index (χ1n) is 5.40. The van der Waals surface area contributed by atoms with Gasteiger partial charge in [-0.25, -0.2) is 0 Å². The third-order valence-electron chi connectivity index (χ3n) is 2.62. The molecule has 0 atom stereocenters. The van der Waals surface area contributed by atoms with E-state index in [1.165, 1.54) is 0 Å². The van der Waals surface area contributed by atoms with Crippen molar-refractivity contribution in [2.75, 3.05) is 0 Å². The summed E-state index contributed by atoms with van der Waals surface area (Å²) in [6.45, 7) is 0. The molecule has 1 aromatic heterocycles. The maximum absolute atomic E-state index is 11.8. The van der Waals surface area contributed by atoms with E-state index in [4.69, 9.17) is 16.0 Å². The topological polar surface area (TPSA) is 43.1 Å². The standard InChI is InChI=1S/C14H8ClNO2/c15-10-7-5-9(6-8-10)14-16-13(17)11-3-1-2-4-12(11)18-14/h1-8H. The van der Waals surface area contributed by atoms with Crippen molar-refractivity contribution in [2.45, 2.75) is 0 Å². The van der Waals surface area contributed by atoms with Gasteiger partial charge in [-0.1, -0.05) is 23.7 Å². The summed E-state index contributed by atoms with van der Waals surface area (Å²) in [4.78, 5) is 15.8. The number of hydrogen-bond donors (Lipinski definition) is 0. The zero-order chi connectivity index (χ0) is 12.5. The number of aromatic nitrogens is 1. The predicted molar refractivity (Wildman–Crippen MR) is 70.7 cm³/mol. The average molecular weight is 258 g/mol. The summed E-state index contributed by atoms with van der Waals surface area (Å²) in [6, 6.07) is 14.0. The second-order valence-corrected chi connectivity index (χ2v) is 4.26. The number of hydrogen-bond acceptors (Lipinski definition) is 3. The molecule has 0 aliphatic carbocycles. The van der Waals surface area contributed by atoms with Gasteiger partial charge in [0.25, 0.3) is 5.56 Å². The van der Waals surface area contributed by atoms with Gasteiger partial charge < -0.3 is 4.42 Å². The van der Waals surface area contributed by atoms with E-state index < -0.39 is 0 Å². The van der Waals surface area contributed by atoms with Crippen LogP contribution in [0, 0.1) is 0 Å². The fourth-order valence-electron chi connectivity index (χ4n) is 1.73. The molecule has 0 bridgehead atoms. The molecule has 4 heteroatoms. The third kappa shape index (κ3) is 1.89. The molecule has 0 radical (unpaired) electrons. The summed E-state index contributed by atoms with van der Waals surface area (Å²) in [5.74, 6) is 0.301. The van der Waals surface area contributed by atoms with E-state index in [1.54, 1.807) is 42.5 Å². The quantitative estimate of drug-likeness (QED) is 0.670. The van der Waals surface area contributed by atoms with Gasteiger partial charge in [0.2, 0.25) is 5.89 Å². The first-order valence-corrected chi connectivity index (χ1v) is 5.78. The van der Waals surface area contributed by atoms with Crippen LogP contribution in [0.15, 0.2) is 57.7 Å². The van der Waals surface area contributed by atoms with Gasteiger partial charge in [0.15, 0.2) is 0 Å². The zero-order valence-corrected chi connectivity index (χ0v) is 10.0. The molecular formula is C14H8ClNO2. The van der Waals surface area contributed by atoms with Gasteiger partial charge in [-0.3, -0.25) is 4.79 Å². The molecule has 88 valence electrons. The maximum Gasteiger partial charge on any atom is 0.284 e. The molecule has 3 aromatic rings. The minimum atomic E-state index is -0.290. The number of halogens is 1. The fraction of sp³-hybridized carbons (Fsp3) is 0. The van der Waals surface area contributed by atoms with Crippen molar-refractivity contribution in [3.8, 4) is 11.5 Å². The van der Waals surface area contributed by atoms with E-state index in [-0.39, 0.29) is 5.56 Å². The van der Waals surface area contributed by atoms with Crippen molar-refractivity contribution in [3.05, 3.63) is 63.9 Å². The molecular weight excluding hydrogens is 250 g/mol. The van der Waals surface area contributed by atoms with Crippen molar-refractivity contribution in [1.29, 1.82) is 0 Å². The Hall–Kier alpha value is -2.13. The molecule has 0 aliphatic heterocycles. The Bertz CT molecular complexity index is 763. The van der Waals surface area contributed by atoms with Gasteiger partial charge >= 0.3 is 0 Å². The highest BCUT2D eigenvalue weighted by atomic mass is 35.5. The Balaban J connectivity index is 2.24. The molecule has 0 amide bonds. The summed E-state index contributed by atoms with van der Waals surface area (Å²) in [7, 11) is 0. The molecule has 3 rings (SSSR count). The SMILES string of the molecule is O=c1nc(-c2ccc(Cl)cc2)oc2ccccc12. The molecule has 0 saturated heterocycles. The predicted octanol–water partition coefficient (Wildman–Crippen LogP) is 3.51. The van der Waals surface area contributed by atoms with Crippen LogP contribution in [-0.4, -0.2) is 4.98 Å². The second-order valence-electron chi connectivity index (χ2n) is 3.83. The van der Waals surface area contributed by atoms with Crippen molar-refractivity contribution >= 4 is 22.6 Å². The molecule has 0 aliphatic rings. The first kappa shape index (κ1) is 11.0. The normalized spacial score (nSPS) is 10.7. The lowest BCUT2D eigenvalue weighted by Gasteiger charge is -2.01. The van der Waals surface area contributed by atoms with Crippen LogP contribution in [0.25, 0.3) is 22.4 Å². The first-order chi connectivity index (χ1) is 8.74. The van der Waals surface area contributed by atoms with Gasteiger partial charge in [-0.15, -0.1) is 0 Å². The van der Waals surface area contributed by atoms with Crippen molar-refractivity contribution in [2.24, 2.45) is 0 Å². The van der Waals surface area contributed by atoms with Crippen LogP contribution in [0.1, 0.15) is 0 Å². The Morgan fingerprint density at radius 2 is 1.72 bits per heavy atom. The lowest BCUT2D eigenvalue weighted by Crippen LogP contribution is -2.06. The van der Waals surface area contributed by atoms with Gasteiger partial charge in [-0.05, 0) is 36.4 Å². The largest absolute Gasteiger partial charge is 0.437 e. The third-order valence-corrected chi connectivity index (χ3v) is 2.87. The molecule has 0 fully saturated rings. The van der Waals surface area contributed by atoms with Crippen molar-refractivity contribution in [1.82, 2.24) is 4.98 Å². The monoisotopic (exact) mass is 257 g/mol. The van der Waals surface area contributed by atoms with Crippen LogP contribution in [0.4, 0.5) is 0 Å². The molecule has 2 aromatic carbocycles. The van der Waals surface area contributed by atoms with E-state index in [0.29, 0.717) is 21.9 Å². The highest BCUT2D eigenvalue weighted by Crippen LogP contribution is 2.21. The molecule has 0 spiro atoms. The average Bonchev–Trinajstić information content (AvgIpc) is 2.39. The van der Waals surface area contributed by atoms with Crippen LogP contribution in [-0.2, 0) is 0 Å². The molecule has 18 heavy (non-hydrogen) atoms. The Morgan fingerprint density at radius 3 is 2.50 bits per heavy atom. The highest BCUT2D eigenvalue weighted by Gasteiger charge is 2.07. The smallest absolute Gasteiger partial charge is 0.284 e. The Kier molecular flexibility index (Phi) is 2.61. The second kappa shape index (κ2) is 4.27. The van der Waals surface area contributed by atoms with Crippen molar-refractivity contribution in [3.63, 3.8) is 0 Å². The van der Waals surface area contributed by atoms with Gasteiger partial charge in [-0.2, -0.15) is 4.98 Å². The Labute approximate surface area is 108 Å². The number of para-hydroxylation sites is 1. The van der Waals surface area contributed by atoms with E-state index >= 15 is 0 Å². The molecule has 0 N–H and O–H groups in total. The minimum Gasteiger partial charge on any atom is -0.437 e. The number of nitrogens with zero attached hydrogens (tertiary/aromatic N) is 1. The van der Waals surface area contributed by atoms with Crippen LogP contribution < -0.4 is 5.56 Å². The summed E-state index contributed by atoms with van der Waals surface area (Å²) < 4.78 is 5.61. The maximum atomic E-state index is 11.8. The number of rotatable bonds is 1. The molecule has 1 heterocycles. The summed E-state index contributed by atoms with van der Waals surface area (Å²) in [6.07, 6.45) is 0. The van der Waals surface area contributed by atoms with E-state index in [9.17, 15) is 4.79 Å². The fourth-order valence-corrected chi connectivity index (χ4v) is 1.85. The Morgan fingerprint density at radius 1 is 1.00 bits per heavy atom. The zero-order valence-electron chi connectivity index (χ0n) is 9.26. The molecule has 3 nitrogen and oxygen atoms in total. The van der Waals surface area contributed by atoms with Crippen LogP contribution >= 0.6 is 11.6 Å². The van der Waals surface area contributed by atoms with Crippen LogP contribution in [0.5, 0.6) is 0 Å². The van der Waals surface area contributed by atoms with Gasteiger partial charge in [0.05, 0.1) is 5.39 Å². The van der Waals surface area contributed by atoms with Crippen LogP contribution in [0.3, 0.4) is 0 Å². The van der Waals surface area contributed by atoms with E-state index in [1.807, 2.05) is 6.07 Å². The lowest BCUT2D eigenvalue weighted by molar-refractivity contribution is 0.595. The summed E-state index contributed by atoms with van der Waals surface area (Å²) >= 11 is 5.81. The summed E-state index contributed by atoms with van der Waals surface area (Å²) in [5.41, 5.74) is 0.964. The summed E-state index contributed by atoms with van der Waals surface area (Å²) in [5, 5.41) is 1.11. The number of fused-ring (bicyclic) bond motifs is 1. The highest BCUT2D eigenvalue weighted by molar-refractivity contribution is 6.30. The van der Waals surface area contributed by atoms with Gasteiger partial charge in [0.1, 0.15) is 5.58 Å². The van der Waals surface area contributed by atoms with E-state index in [2.05, 4.69) is 4.98 Å². The van der Waals surface area contributed by atoms with E-state index in [0.717, 1.165) is 5.56 Å². The number of benzene rings is 2. The minimum absolute atomic E-state index is 0.290.